The lowest BCUT2D eigenvalue weighted by molar-refractivity contribution is 0.101. The lowest BCUT2D eigenvalue weighted by atomic mass is 9.88. The van der Waals surface area contributed by atoms with Gasteiger partial charge in [-0.2, -0.15) is 0 Å². The van der Waals surface area contributed by atoms with Gasteiger partial charge in [0.05, 0.1) is 6.04 Å². The molecule has 1 atom stereocenters. The molecule has 0 spiro atoms. The number of hydrogen-bond donors (Lipinski definition) is 1. The second-order valence-electron chi connectivity index (χ2n) is 7.13. The minimum absolute atomic E-state index is 0.0399. The summed E-state index contributed by atoms with van der Waals surface area (Å²) in [5.41, 5.74) is 4.36. The van der Waals surface area contributed by atoms with Gasteiger partial charge in [-0.3, -0.25) is 4.79 Å². The highest BCUT2D eigenvalue weighted by molar-refractivity contribution is 6.31. The quantitative estimate of drug-likeness (QED) is 0.567. The zero-order chi connectivity index (χ0) is 20.4. The summed E-state index contributed by atoms with van der Waals surface area (Å²) in [6.45, 7) is 2.08. The standard InChI is InChI=1S/C24H21ClN2O2/c1-16(28)18-8-6-9-19(15-18)26-24(29)27-14-13-17-7-2-3-10-20(17)23(27)21-11-4-5-12-22(21)25/h2-12,15,23H,13-14H2,1H3,(H,26,29)/t23-/m0/s1. The SMILES string of the molecule is CC(=O)c1cccc(NC(=O)N2CCc3ccccc3[C@H]2c2ccccc2Cl)c1. The van der Waals surface area contributed by atoms with Gasteiger partial charge in [0.2, 0.25) is 0 Å². The Labute approximate surface area is 175 Å². The molecule has 0 aromatic heterocycles. The highest BCUT2D eigenvalue weighted by atomic mass is 35.5. The maximum atomic E-state index is 13.2. The molecule has 5 heteroatoms. The number of ketones is 1. The van der Waals surface area contributed by atoms with Gasteiger partial charge in [0.1, 0.15) is 0 Å². The van der Waals surface area contributed by atoms with Crippen LogP contribution in [-0.4, -0.2) is 23.3 Å². The fourth-order valence-electron chi connectivity index (χ4n) is 3.83. The highest BCUT2D eigenvalue weighted by Crippen LogP contribution is 2.38. The van der Waals surface area contributed by atoms with E-state index in [1.54, 1.807) is 24.3 Å². The first-order valence-corrected chi connectivity index (χ1v) is 9.93. The fraction of sp³-hybridized carbons (Fsp3) is 0.167. The maximum Gasteiger partial charge on any atom is 0.322 e. The molecule has 29 heavy (non-hydrogen) atoms. The van der Waals surface area contributed by atoms with Crippen LogP contribution < -0.4 is 5.32 Å². The Morgan fingerprint density at radius 2 is 1.69 bits per heavy atom. The van der Waals surface area contributed by atoms with Crippen molar-refractivity contribution >= 4 is 29.1 Å². The molecule has 3 aromatic rings. The number of fused-ring (bicyclic) bond motifs is 1. The summed E-state index contributed by atoms with van der Waals surface area (Å²) in [5, 5.41) is 3.58. The van der Waals surface area contributed by atoms with Crippen molar-refractivity contribution in [1.29, 1.82) is 0 Å². The zero-order valence-corrected chi connectivity index (χ0v) is 16.8. The van der Waals surface area contributed by atoms with Crippen molar-refractivity contribution in [2.75, 3.05) is 11.9 Å². The lowest BCUT2D eigenvalue weighted by Crippen LogP contribution is -2.43. The van der Waals surface area contributed by atoms with Gasteiger partial charge >= 0.3 is 6.03 Å². The lowest BCUT2D eigenvalue weighted by Gasteiger charge is -2.38. The van der Waals surface area contributed by atoms with E-state index in [9.17, 15) is 9.59 Å². The Balaban J connectivity index is 1.70. The first-order valence-electron chi connectivity index (χ1n) is 9.55. The number of nitrogens with zero attached hydrogens (tertiary/aromatic N) is 1. The molecule has 1 aliphatic rings. The van der Waals surface area contributed by atoms with Gasteiger partial charge in [-0.15, -0.1) is 0 Å². The third-order valence-electron chi connectivity index (χ3n) is 5.26. The summed E-state index contributed by atoms with van der Waals surface area (Å²) in [4.78, 5) is 26.7. The molecule has 146 valence electrons. The topological polar surface area (TPSA) is 49.4 Å². The molecular formula is C24H21ClN2O2. The summed E-state index contributed by atoms with van der Waals surface area (Å²) in [6, 6.07) is 22.3. The van der Waals surface area contributed by atoms with Gasteiger partial charge < -0.3 is 10.2 Å². The monoisotopic (exact) mass is 404 g/mol. The molecule has 0 saturated heterocycles. The van der Waals surface area contributed by atoms with E-state index >= 15 is 0 Å². The van der Waals surface area contributed by atoms with Crippen molar-refractivity contribution in [3.8, 4) is 0 Å². The van der Waals surface area contributed by atoms with Crippen molar-refractivity contribution in [3.63, 3.8) is 0 Å². The number of carbonyl (C=O) groups is 2. The van der Waals surface area contributed by atoms with Gasteiger partial charge in [0.25, 0.3) is 0 Å². The first kappa shape index (κ1) is 19.2. The van der Waals surface area contributed by atoms with E-state index in [1.807, 2.05) is 41.3 Å². The van der Waals surface area contributed by atoms with E-state index in [4.69, 9.17) is 11.6 Å². The van der Waals surface area contributed by atoms with Crippen LogP contribution in [0.15, 0.2) is 72.8 Å². The number of anilines is 1. The van der Waals surface area contributed by atoms with E-state index < -0.39 is 0 Å². The number of Topliss-reactive ketones (excluding diaryl/α,β-unsaturated/α-hetero) is 1. The largest absolute Gasteiger partial charge is 0.322 e. The van der Waals surface area contributed by atoms with E-state index in [2.05, 4.69) is 17.4 Å². The van der Waals surface area contributed by atoms with Crippen LogP contribution in [0.1, 0.15) is 40.0 Å². The number of urea groups is 1. The maximum absolute atomic E-state index is 13.2. The second kappa shape index (κ2) is 8.10. The Kier molecular flexibility index (Phi) is 5.36. The molecule has 4 rings (SSSR count). The van der Waals surface area contributed by atoms with Crippen molar-refractivity contribution in [2.24, 2.45) is 0 Å². The normalized spacial score (nSPS) is 15.5. The Hall–Kier alpha value is -3.11. The van der Waals surface area contributed by atoms with Gasteiger partial charge in [0, 0.05) is 22.8 Å². The Bertz CT molecular complexity index is 1080. The van der Waals surface area contributed by atoms with Crippen molar-refractivity contribution in [3.05, 3.63) is 100 Å². The van der Waals surface area contributed by atoms with Crippen molar-refractivity contribution < 1.29 is 9.59 Å². The first-order chi connectivity index (χ1) is 14.0. The van der Waals surface area contributed by atoms with E-state index in [-0.39, 0.29) is 17.9 Å². The highest BCUT2D eigenvalue weighted by Gasteiger charge is 2.33. The van der Waals surface area contributed by atoms with Gasteiger partial charge in [-0.05, 0) is 48.2 Å². The minimum atomic E-state index is -0.273. The molecule has 0 fully saturated rings. The molecule has 2 amide bonds. The average molecular weight is 405 g/mol. The number of rotatable bonds is 3. The molecule has 0 radical (unpaired) electrons. The number of carbonyl (C=O) groups excluding carboxylic acids is 2. The number of benzene rings is 3. The second-order valence-corrected chi connectivity index (χ2v) is 7.54. The predicted molar refractivity (Wildman–Crippen MR) is 116 cm³/mol. The van der Waals surface area contributed by atoms with E-state index in [0.717, 1.165) is 17.5 Å². The average Bonchev–Trinajstić information content (AvgIpc) is 2.73. The van der Waals surface area contributed by atoms with E-state index in [1.165, 1.54) is 12.5 Å². The van der Waals surface area contributed by atoms with Crippen LogP contribution in [-0.2, 0) is 6.42 Å². The van der Waals surface area contributed by atoms with Crippen molar-refractivity contribution in [2.45, 2.75) is 19.4 Å². The summed E-state index contributed by atoms with van der Waals surface area (Å²) < 4.78 is 0. The van der Waals surface area contributed by atoms with Gasteiger partial charge in [-0.25, -0.2) is 4.79 Å². The van der Waals surface area contributed by atoms with Crippen LogP contribution in [0.3, 0.4) is 0 Å². The molecule has 0 saturated carbocycles. The third-order valence-corrected chi connectivity index (χ3v) is 5.61. The molecule has 3 aromatic carbocycles. The number of amides is 2. The third kappa shape index (κ3) is 3.89. The molecule has 1 aliphatic heterocycles. The van der Waals surface area contributed by atoms with Gasteiger partial charge in [-0.1, -0.05) is 66.2 Å². The molecule has 0 aliphatic carbocycles. The van der Waals surface area contributed by atoms with Crippen LogP contribution >= 0.6 is 11.6 Å². The fourth-order valence-corrected chi connectivity index (χ4v) is 4.07. The molecule has 1 heterocycles. The summed E-state index contributed by atoms with van der Waals surface area (Å²) in [7, 11) is 0. The van der Waals surface area contributed by atoms with Crippen LogP contribution in [0.5, 0.6) is 0 Å². The summed E-state index contributed by atoms with van der Waals surface area (Å²) >= 11 is 6.51. The van der Waals surface area contributed by atoms with Crippen molar-refractivity contribution in [1.82, 2.24) is 4.90 Å². The van der Waals surface area contributed by atoms with Crippen LogP contribution in [0.2, 0.25) is 5.02 Å². The van der Waals surface area contributed by atoms with Crippen LogP contribution in [0.25, 0.3) is 0 Å². The van der Waals surface area contributed by atoms with E-state index in [0.29, 0.717) is 22.8 Å². The molecule has 1 N–H and O–H groups in total. The Morgan fingerprint density at radius 3 is 2.45 bits per heavy atom. The number of halogens is 1. The van der Waals surface area contributed by atoms with Crippen LogP contribution in [0, 0.1) is 0 Å². The molecule has 0 unspecified atom stereocenters. The molecular weight excluding hydrogens is 384 g/mol. The predicted octanol–water partition coefficient (Wildman–Crippen LogP) is 5.72. The zero-order valence-electron chi connectivity index (χ0n) is 16.1. The smallest absolute Gasteiger partial charge is 0.313 e. The van der Waals surface area contributed by atoms with Crippen LogP contribution in [0.4, 0.5) is 10.5 Å². The molecule has 0 bridgehead atoms. The number of hydrogen-bond acceptors (Lipinski definition) is 2. The molecule has 4 nitrogen and oxygen atoms in total. The Morgan fingerprint density at radius 1 is 0.966 bits per heavy atom. The minimum Gasteiger partial charge on any atom is -0.313 e. The summed E-state index contributed by atoms with van der Waals surface area (Å²) in [6.07, 6.45) is 0.776. The number of nitrogens with one attached hydrogen (secondary N) is 1. The summed E-state index contributed by atoms with van der Waals surface area (Å²) in [5.74, 6) is -0.0399. The van der Waals surface area contributed by atoms with Gasteiger partial charge in [0.15, 0.2) is 5.78 Å².